The monoisotopic (exact) mass is 602 g/mol. The Bertz CT molecular complexity index is 1590. The smallest absolute Gasteiger partial charge is 0.408 e. The summed E-state index contributed by atoms with van der Waals surface area (Å²) in [5.41, 5.74) is 4.41. The van der Waals surface area contributed by atoms with Gasteiger partial charge in [0.1, 0.15) is 12.2 Å². The van der Waals surface area contributed by atoms with Gasteiger partial charge in [-0.05, 0) is 56.7 Å². The molecule has 0 saturated heterocycles. The van der Waals surface area contributed by atoms with Gasteiger partial charge in [-0.1, -0.05) is 37.6 Å². The van der Waals surface area contributed by atoms with Crippen LogP contribution in [0.1, 0.15) is 47.1 Å². The molecule has 13 heteroatoms. The number of carbonyl (C=O) groups is 1. The van der Waals surface area contributed by atoms with E-state index < -0.39 is 24.4 Å². The van der Waals surface area contributed by atoms with Gasteiger partial charge in [0.2, 0.25) is 5.82 Å². The topological polar surface area (TPSA) is 123 Å². The second-order valence-corrected chi connectivity index (χ2v) is 9.76. The molecule has 202 valence electrons. The summed E-state index contributed by atoms with van der Waals surface area (Å²) >= 11 is 3.69. The number of tetrazole rings is 1. The Kier molecular flexibility index (Phi) is 7.25. The van der Waals surface area contributed by atoms with Gasteiger partial charge in [-0.25, -0.2) is 9.48 Å². The van der Waals surface area contributed by atoms with Crippen LogP contribution in [0.25, 0.3) is 33.6 Å². The van der Waals surface area contributed by atoms with Gasteiger partial charge in [0.25, 0.3) is 0 Å². The summed E-state index contributed by atoms with van der Waals surface area (Å²) in [6.07, 6.45) is 0.211. The van der Waals surface area contributed by atoms with Crippen LogP contribution >= 0.6 is 15.9 Å². The van der Waals surface area contributed by atoms with Gasteiger partial charge < -0.3 is 9.52 Å². The quantitative estimate of drug-likeness (QED) is 0.200. The van der Waals surface area contributed by atoms with E-state index in [0.717, 1.165) is 23.1 Å². The first-order valence-electron chi connectivity index (χ1n) is 12.1. The van der Waals surface area contributed by atoms with Crippen LogP contribution in [-0.2, 0) is 19.4 Å². The summed E-state index contributed by atoms with van der Waals surface area (Å²) in [4.78, 5) is 12.4. The zero-order valence-electron chi connectivity index (χ0n) is 20.6. The van der Waals surface area contributed by atoms with Crippen LogP contribution in [0.3, 0.4) is 0 Å². The molecule has 1 aliphatic carbocycles. The number of nitrogens with zero attached hydrogens (tertiary/aromatic N) is 5. The Hall–Kier alpha value is -4.00. The fourth-order valence-electron chi connectivity index (χ4n) is 4.82. The van der Waals surface area contributed by atoms with Gasteiger partial charge in [0, 0.05) is 33.1 Å². The van der Waals surface area contributed by atoms with Crippen molar-refractivity contribution in [2.24, 2.45) is 0 Å². The van der Waals surface area contributed by atoms with Crippen molar-refractivity contribution >= 4 is 21.9 Å². The maximum Gasteiger partial charge on any atom is 0.408 e. The van der Waals surface area contributed by atoms with E-state index in [9.17, 15) is 23.1 Å². The number of halogens is 4. The molecule has 0 radical (unpaired) electrons. The fraction of sp³-hybridized carbons (Fsp3) is 0.269. The molecule has 2 aliphatic rings. The number of carboxylic acid groups (broad SMARTS) is 1. The molecule has 1 aromatic carbocycles. The zero-order valence-corrected chi connectivity index (χ0v) is 22.2. The van der Waals surface area contributed by atoms with E-state index in [1.54, 1.807) is 12.3 Å². The first-order chi connectivity index (χ1) is 18.7. The molecule has 0 atom stereocenters. The van der Waals surface area contributed by atoms with Crippen LogP contribution < -0.4 is 0 Å². The minimum atomic E-state index is -4.64. The maximum atomic E-state index is 13.4. The maximum absolute atomic E-state index is 13.4. The average molecular weight is 603 g/mol. The Morgan fingerprint density at radius 3 is 2.56 bits per heavy atom. The van der Waals surface area contributed by atoms with Gasteiger partial charge in [-0.3, -0.25) is 0 Å². The third-order valence-corrected chi connectivity index (χ3v) is 7.26. The van der Waals surface area contributed by atoms with Crippen molar-refractivity contribution in [2.45, 2.75) is 45.3 Å². The Morgan fingerprint density at radius 2 is 1.90 bits per heavy atom. The van der Waals surface area contributed by atoms with E-state index in [2.05, 4.69) is 41.7 Å². The molecule has 0 unspecified atom stereocenters. The second-order valence-electron chi connectivity index (χ2n) is 8.96. The van der Waals surface area contributed by atoms with Crippen molar-refractivity contribution in [3.63, 3.8) is 0 Å². The van der Waals surface area contributed by atoms with Crippen molar-refractivity contribution in [1.82, 2.24) is 30.4 Å². The predicted octanol–water partition coefficient (Wildman–Crippen LogP) is 6.38. The molecule has 39 heavy (non-hydrogen) atoms. The van der Waals surface area contributed by atoms with Crippen LogP contribution in [0.15, 0.2) is 51.7 Å². The number of H-pyrrole nitrogens is 1. The molecule has 0 fully saturated rings. The number of unbranched alkanes of at least 4 members (excludes halogenated alkanes) is 1. The van der Waals surface area contributed by atoms with Gasteiger partial charge in [-0.2, -0.15) is 23.5 Å². The molecule has 5 rings (SSSR count). The normalized spacial score (nSPS) is 11.9. The van der Waals surface area contributed by atoms with Crippen molar-refractivity contribution < 1.29 is 27.5 Å². The third kappa shape index (κ3) is 5.18. The average Bonchev–Trinajstić information content (AvgIpc) is 3.60. The Morgan fingerprint density at radius 1 is 1.13 bits per heavy atom. The minimum absolute atomic E-state index is 0.0283. The fourth-order valence-corrected chi connectivity index (χ4v) is 5.58. The Labute approximate surface area is 228 Å². The predicted molar refractivity (Wildman–Crippen MR) is 138 cm³/mol. The molecule has 1 aliphatic heterocycles. The number of benzene rings is 1. The Balaban J connectivity index is 1.75. The molecule has 0 saturated carbocycles. The molecule has 2 aromatic heterocycles. The number of fused-ring (bicyclic) bond motifs is 1. The molecule has 0 spiro atoms. The van der Waals surface area contributed by atoms with Crippen LogP contribution in [0, 0.1) is 0 Å². The van der Waals surface area contributed by atoms with Gasteiger partial charge in [0.15, 0.2) is 0 Å². The first kappa shape index (κ1) is 26.6. The first-order valence-corrected chi connectivity index (χ1v) is 12.9. The summed E-state index contributed by atoms with van der Waals surface area (Å²) < 4.78 is 46.8. The van der Waals surface area contributed by atoms with Crippen molar-refractivity contribution in [3.05, 3.63) is 69.8 Å². The van der Waals surface area contributed by atoms with E-state index in [4.69, 9.17) is 4.42 Å². The molecular formula is C26H22BrF3N6O3. The SMILES string of the molecule is CCCCc1nn(CC(F)(F)F)c(C(=O)O)c1Cc1c2ccocc-2c(Br)c1-c1ccccc1-c1nn[nH]n1. The number of carboxylic acids is 1. The van der Waals surface area contributed by atoms with E-state index >= 15 is 0 Å². The summed E-state index contributed by atoms with van der Waals surface area (Å²) in [5, 5.41) is 28.5. The number of aromatic amines is 1. The van der Waals surface area contributed by atoms with E-state index in [1.165, 1.54) is 6.26 Å². The zero-order chi connectivity index (χ0) is 27.7. The van der Waals surface area contributed by atoms with Gasteiger partial charge >= 0.3 is 12.1 Å². The third-order valence-electron chi connectivity index (χ3n) is 6.44. The number of aromatic nitrogens is 6. The van der Waals surface area contributed by atoms with E-state index in [-0.39, 0.29) is 12.0 Å². The minimum Gasteiger partial charge on any atom is -0.477 e. The highest BCUT2D eigenvalue weighted by Gasteiger charge is 2.34. The molecule has 9 nitrogen and oxygen atoms in total. The number of hydrogen-bond donors (Lipinski definition) is 2. The summed E-state index contributed by atoms with van der Waals surface area (Å²) in [6.45, 7) is 0.453. The summed E-state index contributed by atoms with van der Waals surface area (Å²) in [6, 6.07) is 9.12. The lowest BCUT2D eigenvalue weighted by atomic mass is 9.92. The highest BCUT2D eigenvalue weighted by Crippen LogP contribution is 2.49. The molecule has 2 N–H and O–H groups in total. The van der Waals surface area contributed by atoms with Gasteiger partial charge in [-0.15, -0.1) is 10.2 Å². The number of alkyl halides is 3. The number of aryl methyl sites for hydroxylation is 1. The highest BCUT2D eigenvalue weighted by atomic mass is 79.9. The van der Waals surface area contributed by atoms with Crippen LogP contribution in [-0.4, -0.2) is 47.7 Å². The standard InChI is InChI=1S/C26H22BrF3N6O3/c1-2-3-8-20-18(23(25(37)38)36(33-20)13-26(28,29)30)11-17-14-9-10-39-12-19(14)22(27)21(17)15-6-4-5-7-16(15)24-31-34-35-32-24/h4-7,9-10,12H,2-3,8,11,13H2,1H3,(H,37,38)(H,31,32,34,35). The van der Waals surface area contributed by atoms with E-state index in [1.807, 2.05) is 31.2 Å². The van der Waals surface area contributed by atoms with Crippen LogP contribution in [0.4, 0.5) is 13.2 Å². The highest BCUT2D eigenvalue weighted by molar-refractivity contribution is 9.10. The molecule has 0 bridgehead atoms. The van der Waals surface area contributed by atoms with Crippen molar-refractivity contribution in [3.8, 4) is 33.6 Å². The van der Waals surface area contributed by atoms with Gasteiger partial charge in [0.05, 0.1) is 18.2 Å². The second kappa shape index (κ2) is 10.6. The molecule has 0 amide bonds. The largest absolute Gasteiger partial charge is 0.477 e. The number of nitrogens with one attached hydrogen (secondary N) is 1. The summed E-state index contributed by atoms with van der Waals surface area (Å²) in [5.74, 6) is -1.12. The van der Waals surface area contributed by atoms with Crippen LogP contribution in [0.5, 0.6) is 0 Å². The number of aromatic carboxylic acids is 1. The summed E-state index contributed by atoms with van der Waals surface area (Å²) in [7, 11) is 0. The van der Waals surface area contributed by atoms with Crippen molar-refractivity contribution in [1.29, 1.82) is 0 Å². The van der Waals surface area contributed by atoms with Crippen LogP contribution in [0.2, 0.25) is 0 Å². The molecule has 3 aromatic rings. The number of hydrogen-bond acceptors (Lipinski definition) is 6. The lowest BCUT2D eigenvalue weighted by Crippen LogP contribution is -2.22. The van der Waals surface area contributed by atoms with E-state index in [0.29, 0.717) is 50.2 Å². The molecular weight excluding hydrogens is 581 g/mol. The van der Waals surface area contributed by atoms with Crippen molar-refractivity contribution in [2.75, 3.05) is 0 Å². The lowest BCUT2D eigenvalue weighted by molar-refractivity contribution is -0.142. The lowest BCUT2D eigenvalue weighted by Gasteiger charge is -2.12. The number of rotatable bonds is 9. The molecule has 3 heterocycles.